The van der Waals surface area contributed by atoms with E-state index in [-0.39, 0.29) is 22.4 Å². The Bertz CT molecular complexity index is 1940. The van der Waals surface area contributed by atoms with Gasteiger partial charge in [-0.1, -0.05) is 84.9 Å². The van der Waals surface area contributed by atoms with Crippen molar-refractivity contribution in [3.05, 3.63) is 137 Å². The maximum atomic E-state index is 13.8. The minimum Gasteiger partial charge on any atom is -0.507 e. The monoisotopic (exact) mass is 619 g/mol. The van der Waals surface area contributed by atoms with E-state index in [0.29, 0.717) is 29.6 Å². The smallest absolute Gasteiger partial charge is 0.339 e. The second kappa shape index (κ2) is 11.2. The van der Waals surface area contributed by atoms with Crippen LogP contribution in [0.2, 0.25) is 0 Å². The fraction of sp³-hybridized carbons (Fsp3) is 0.222. The van der Waals surface area contributed by atoms with Crippen LogP contribution >= 0.6 is 0 Å². The average molecular weight is 620 g/mol. The van der Waals surface area contributed by atoms with Crippen LogP contribution in [0.4, 0.5) is 5.69 Å². The molecule has 1 unspecified atom stereocenters. The molecule has 1 saturated carbocycles. The highest BCUT2D eigenvalue weighted by Crippen LogP contribution is 2.52. The number of aromatic amines is 1. The van der Waals surface area contributed by atoms with Gasteiger partial charge in [0.1, 0.15) is 5.76 Å². The second-order valence-corrected chi connectivity index (χ2v) is 13.8. The maximum Gasteiger partial charge on any atom is 0.339 e. The molecule has 228 valence electrons. The summed E-state index contributed by atoms with van der Waals surface area (Å²) in [5.41, 5.74) is 3.23. The molecule has 0 spiro atoms. The molecule has 1 aliphatic heterocycles. The van der Waals surface area contributed by atoms with Gasteiger partial charge in [0.15, 0.2) is 5.60 Å². The first-order valence-corrected chi connectivity index (χ1v) is 16.5. The summed E-state index contributed by atoms with van der Waals surface area (Å²) in [6.07, 6.45) is 2.41. The lowest BCUT2D eigenvalue weighted by atomic mass is 9.81. The van der Waals surface area contributed by atoms with Gasteiger partial charge >= 0.3 is 5.97 Å². The van der Waals surface area contributed by atoms with Gasteiger partial charge < -0.3 is 14.8 Å². The van der Waals surface area contributed by atoms with Crippen molar-refractivity contribution >= 4 is 32.7 Å². The highest BCUT2D eigenvalue weighted by molar-refractivity contribution is 7.92. The number of fused-ring (bicyclic) bond motifs is 1. The number of hydrogen-bond donors (Lipinski definition) is 2. The number of H-pyrrole nitrogens is 1. The number of aliphatic hydroxyl groups excluding tert-OH is 1. The topological polar surface area (TPSA) is 113 Å². The zero-order chi connectivity index (χ0) is 31.2. The standard InChI is InChI=1S/C36H33N3O5S/c1-39(45(42,43)35-37-29-17-8-9-18-30(29)38-35)28-16-10-15-27(21-28)31(26-19-20-26)32-33(40)36(44-34(32)41,22-24-11-4-2-5-12-24)23-25-13-6-3-7-14-25/h2-18,21,26,31,40H,19-20,22-23H2,1H3,(H,37,38). The minimum absolute atomic E-state index is 0.0502. The molecule has 8 nitrogen and oxygen atoms in total. The predicted octanol–water partition coefficient (Wildman–Crippen LogP) is 6.47. The number of carbonyl (C=O) groups excluding carboxylic acids is 1. The van der Waals surface area contributed by atoms with E-state index in [1.54, 1.807) is 36.4 Å². The van der Waals surface area contributed by atoms with Gasteiger partial charge in [0.25, 0.3) is 10.0 Å². The van der Waals surface area contributed by atoms with Crippen molar-refractivity contribution in [1.82, 2.24) is 9.97 Å². The van der Waals surface area contributed by atoms with Gasteiger partial charge in [0.2, 0.25) is 5.16 Å². The van der Waals surface area contributed by atoms with Crippen molar-refractivity contribution < 1.29 is 23.1 Å². The van der Waals surface area contributed by atoms with E-state index in [4.69, 9.17) is 4.74 Å². The minimum atomic E-state index is -4.02. The van der Waals surface area contributed by atoms with Crippen LogP contribution < -0.4 is 4.31 Å². The first-order chi connectivity index (χ1) is 21.7. The van der Waals surface area contributed by atoms with Gasteiger partial charge in [-0.25, -0.2) is 9.78 Å². The number of anilines is 1. The quantitative estimate of drug-likeness (QED) is 0.173. The van der Waals surface area contributed by atoms with Crippen molar-refractivity contribution in [2.75, 3.05) is 11.4 Å². The fourth-order valence-corrected chi connectivity index (χ4v) is 7.49. The van der Waals surface area contributed by atoms with E-state index < -0.39 is 27.5 Å². The third-order valence-electron chi connectivity index (χ3n) is 8.83. The molecule has 1 aliphatic carbocycles. The zero-order valence-corrected chi connectivity index (χ0v) is 25.6. The number of aliphatic hydroxyl groups is 1. The maximum absolute atomic E-state index is 13.8. The second-order valence-electron chi connectivity index (χ2n) is 11.9. The lowest BCUT2D eigenvalue weighted by Crippen LogP contribution is -2.37. The Hall–Kier alpha value is -4.89. The molecule has 1 fully saturated rings. The SMILES string of the molecule is CN(c1cccc(C(C2=C(O)C(Cc3ccccc3)(Cc3ccccc3)OC2=O)C2CC2)c1)S(=O)(=O)c1nc2ccccc2[nH]1. The molecule has 0 saturated heterocycles. The van der Waals surface area contributed by atoms with Crippen LogP contribution in [0.1, 0.15) is 35.4 Å². The molecule has 1 atom stereocenters. The Labute approximate surface area is 262 Å². The summed E-state index contributed by atoms with van der Waals surface area (Å²) in [5.74, 6) is -0.921. The molecule has 2 aliphatic rings. The number of sulfonamides is 1. The molecule has 0 radical (unpaired) electrons. The van der Waals surface area contributed by atoms with E-state index in [1.165, 1.54) is 11.4 Å². The van der Waals surface area contributed by atoms with Gasteiger partial charge in [-0.2, -0.15) is 8.42 Å². The molecular weight excluding hydrogens is 586 g/mol. The van der Waals surface area contributed by atoms with Gasteiger partial charge in [-0.15, -0.1) is 0 Å². The largest absolute Gasteiger partial charge is 0.507 e. The van der Waals surface area contributed by atoms with Gasteiger partial charge in [0, 0.05) is 25.8 Å². The van der Waals surface area contributed by atoms with Crippen molar-refractivity contribution in [3.63, 3.8) is 0 Å². The Kier molecular flexibility index (Phi) is 7.20. The van der Waals surface area contributed by atoms with Crippen molar-refractivity contribution in [1.29, 1.82) is 0 Å². The molecule has 0 bridgehead atoms. The Balaban J connectivity index is 1.27. The Morgan fingerprint density at radius 1 is 0.911 bits per heavy atom. The number of ether oxygens (including phenoxy) is 1. The van der Waals surface area contributed by atoms with Crippen LogP contribution in [0.5, 0.6) is 0 Å². The van der Waals surface area contributed by atoms with E-state index in [2.05, 4.69) is 9.97 Å². The van der Waals surface area contributed by atoms with E-state index >= 15 is 0 Å². The van der Waals surface area contributed by atoms with Crippen LogP contribution in [0.15, 0.2) is 126 Å². The van der Waals surface area contributed by atoms with Crippen LogP contribution in [0, 0.1) is 5.92 Å². The normalized spacial score (nSPS) is 17.0. The summed E-state index contributed by atoms with van der Waals surface area (Å²) in [6.45, 7) is 0. The number of para-hydroxylation sites is 2. The number of esters is 1. The highest BCUT2D eigenvalue weighted by Gasteiger charge is 2.53. The van der Waals surface area contributed by atoms with Gasteiger partial charge in [-0.3, -0.25) is 4.31 Å². The molecule has 2 heterocycles. The molecular formula is C36H33N3O5S. The summed E-state index contributed by atoms with van der Waals surface area (Å²) in [7, 11) is -2.53. The van der Waals surface area contributed by atoms with Gasteiger partial charge in [-0.05, 0) is 59.7 Å². The first-order valence-electron chi connectivity index (χ1n) is 15.0. The third kappa shape index (κ3) is 5.37. The summed E-state index contributed by atoms with van der Waals surface area (Å²) in [5, 5.41) is 11.9. The van der Waals surface area contributed by atoms with Gasteiger partial charge in [0.05, 0.1) is 22.3 Å². The number of aromatic nitrogens is 2. The van der Waals surface area contributed by atoms with Crippen molar-refractivity contribution in [3.8, 4) is 0 Å². The number of hydrogen-bond acceptors (Lipinski definition) is 6. The highest BCUT2D eigenvalue weighted by atomic mass is 32.2. The molecule has 0 amide bonds. The lowest BCUT2D eigenvalue weighted by Gasteiger charge is -2.29. The number of benzene rings is 4. The summed E-state index contributed by atoms with van der Waals surface area (Å²) in [6, 6.07) is 33.7. The van der Waals surface area contributed by atoms with Crippen molar-refractivity contribution in [2.24, 2.45) is 5.92 Å². The average Bonchev–Trinajstić information content (AvgIpc) is 3.74. The molecule has 4 aromatic carbocycles. The lowest BCUT2D eigenvalue weighted by molar-refractivity contribution is -0.148. The van der Waals surface area contributed by atoms with Crippen molar-refractivity contribution in [2.45, 2.75) is 42.4 Å². The molecule has 2 N–H and O–H groups in total. The van der Waals surface area contributed by atoms with E-state index in [0.717, 1.165) is 29.5 Å². The fourth-order valence-electron chi connectivity index (χ4n) is 6.39. The number of nitrogens with zero attached hydrogens (tertiary/aromatic N) is 2. The molecule has 9 heteroatoms. The molecule has 5 aromatic rings. The van der Waals surface area contributed by atoms with Crippen LogP contribution in [-0.2, 0) is 32.4 Å². The molecule has 1 aromatic heterocycles. The number of carbonyl (C=O) groups is 1. The Morgan fingerprint density at radius 3 is 2.16 bits per heavy atom. The number of rotatable bonds is 10. The Morgan fingerprint density at radius 2 is 1.53 bits per heavy atom. The summed E-state index contributed by atoms with van der Waals surface area (Å²) < 4.78 is 34.6. The number of imidazole rings is 1. The van der Waals surface area contributed by atoms with E-state index in [9.17, 15) is 18.3 Å². The van der Waals surface area contributed by atoms with E-state index in [1.807, 2.05) is 72.8 Å². The first kappa shape index (κ1) is 28.9. The zero-order valence-electron chi connectivity index (χ0n) is 24.8. The van der Waals surface area contributed by atoms with Crippen LogP contribution in [-0.4, -0.2) is 42.1 Å². The number of cyclic esters (lactones) is 1. The molecule has 45 heavy (non-hydrogen) atoms. The molecule has 7 rings (SSSR count). The van der Waals surface area contributed by atoms with Crippen LogP contribution in [0.3, 0.4) is 0 Å². The predicted molar refractivity (Wildman–Crippen MR) is 172 cm³/mol. The summed E-state index contributed by atoms with van der Waals surface area (Å²) >= 11 is 0. The number of nitrogens with one attached hydrogen (secondary N) is 1. The third-order valence-corrected chi connectivity index (χ3v) is 10.4. The van der Waals surface area contributed by atoms with Crippen LogP contribution in [0.25, 0.3) is 11.0 Å². The summed E-state index contributed by atoms with van der Waals surface area (Å²) in [4.78, 5) is 21.0.